The van der Waals surface area contributed by atoms with E-state index in [9.17, 15) is 13.2 Å². The van der Waals surface area contributed by atoms with Crippen LogP contribution in [0.15, 0.2) is 29.2 Å². The first kappa shape index (κ1) is 17.4. The topological polar surface area (TPSA) is 57.7 Å². The molecule has 2 fully saturated rings. The molecule has 3 rings (SSSR count). The Bertz CT molecular complexity index is 681. The second-order valence-corrected chi connectivity index (χ2v) is 8.69. The van der Waals surface area contributed by atoms with Crippen molar-refractivity contribution in [1.82, 2.24) is 9.21 Å². The van der Waals surface area contributed by atoms with Crippen LogP contribution in [0.2, 0.25) is 0 Å². The number of carbonyl (C=O) groups excluding carboxylic acids is 1. The van der Waals surface area contributed by atoms with Gasteiger partial charge in [-0.05, 0) is 43.4 Å². The fourth-order valence-electron chi connectivity index (χ4n) is 3.21. The third-order valence-corrected chi connectivity index (χ3v) is 6.71. The number of hydrogen-bond acceptors (Lipinski definition) is 3. The van der Waals surface area contributed by atoms with Crippen molar-refractivity contribution in [2.75, 3.05) is 26.2 Å². The maximum Gasteiger partial charge on any atom is 0.243 e. The number of aryl methyl sites for hydroxylation is 1. The van der Waals surface area contributed by atoms with Crippen molar-refractivity contribution < 1.29 is 13.2 Å². The lowest BCUT2D eigenvalue weighted by Gasteiger charge is -2.22. The van der Waals surface area contributed by atoms with Gasteiger partial charge in [0.1, 0.15) is 0 Å². The minimum Gasteiger partial charge on any atom is -0.341 e. The van der Waals surface area contributed by atoms with Gasteiger partial charge in [0.05, 0.1) is 4.90 Å². The van der Waals surface area contributed by atoms with Crippen molar-refractivity contribution in [3.05, 3.63) is 29.8 Å². The molecule has 0 atom stereocenters. The summed E-state index contributed by atoms with van der Waals surface area (Å²) in [6, 6.07) is 7.21. The van der Waals surface area contributed by atoms with Crippen molar-refractivity contribution >= 4 is 15.9 Å². The van der Waals surface area contributed by atoms with Gasteiger partial charge in [0.25, 0.3) is 0 Å². The molecule has 0 bridgehead atoms. The van der Waals surface area contributed by atoms with Crippen LogP contribution in [0, 0.1) is 5.92 Å². The lowest BCUT2D eigenvalue weighted by Crippen LogP contribution is -2.37. The summed E-state index contributed by atoms with van der Waals surface area (Å²) in [6.45, 7) is 4.14. The van der Waals surface area contributed by atoms with E-state index in [0.717, 1.165) is 31.2 Å². The first-order chi connectivity index (χ1) is 11.5. The normalized spacial score (nSPS) is 20.0. The van der Waals surface area contributed by atoms with Crippen LogP contribution < -0.4 is 0 Å². The van der Waals surface area contributed by atoms with Gasteiger partial charge in [-0.3, -0.25) is 4.79 Å². The molecule has 1 amide bonds. The van der Waals surface area contributed by atoms with Crippen LogP contribution in [0.3, 0.4) is 0 Å². The second kappa shape index (κ2) is 7.23. The summed E-state index contributed by atoms with van der Waals surface area (Å²) >= 11 is 0. The third kappa shape index (κ3) is 3.81. The van der Waals surface area contributed by atoms with Gasteiger partial charge in [0.15, 0.2) is 0 Å². The summed E-state index contributed by atoms with van der Waals surface area (Å²) in [6.07, 6.45) is 4.68. The van der Waals surface area contributed by atoms with E-state index in [1.54, 1.807) is 12.1 Å². The minimum absolute atomic E-state index is 0.194. The molecule has 1 aliphatic heterocycles. The number of nitrogens with zero attached hydrogens (tertiary/aromatic N) is 2. The van der Waals surface area contributed by atoms with Crippen LogP contribution in [-0.4, -0.2) is 49.7 Å². The molecule has 24 heavy (non-hydrogen) atoms. The zero-order valence-electron chi connectivity index (χ0n) is 14.3. The molecule has 1 aliphatic carbocycles. The van der Waals surface area contributed by atoms with E-state index in [1.807, 2.05) is 17.0 Å². The van der Waals surface area contributed by atoms with Crippen LogP contribution >= 0.6 is 0 Å². The Kier molecular flexibility index (Phi) is 5.25. The molecule has 0 spiro atoms. The predicted molar refractivity (Wildman–Crippen MR) is 93.1 cm³/mol. The third-order valence-electron chi connectivity index (χ3n) is 4.79. The van der Waals surface area contributed by atoms with Gasteiger partial charge in [0.2, 0.25) is 15.9 Å². The zero-order valence-corrected chi connectivity index (χ0v) is 15.1. The Balaban J connectivity index is 1.68. The quantitative estimate of drug-likeness (QED) is 0.818. The molecule has 0 aromatic heterocycles. The fraction of sp³-hybridized carbons (Fsp3) is 0.611. The molecule has 132 valence electrons. The number of hydrogen-bond donors (Lipinski definition) is 0. The van der Waals surface area contributed by atoms with Crippen molar-refractivity contribution in [2.45, 2.75) is 43.9 Å². The molecule has 0 unspecified atom stereocenters. The van der Waals surface area contributed by atoms with E-state index >= 15 is 0 Å². The summed E-state index contributed by atoms with van der Waals surface area (Å²) in [4.78, 5) is 14.4. The van der Waals surface area contributed by atoms with E-state index in [1.165, 1.54) is 4.31 Å². The SMILES string of the molecule is CCCc1ccc(S(=O)(=O)N2CCCN(C(=O)C3CC3)CC2)cc1. The summed E-state index contributed by atoms with van der Waals surface area (Å²) in [5.74, 6) is 0.400. The van der Waals surface area contributed by atoms with Gasteiger partial charge in [-0.15, -0.1) is 0 Å². The average Bonchev–Trinajstić information content (AvgIpc) is 3.41. The van der Waals surface area contributed by atoms with Gasteiger partial charge >= 0.3 is 0 Å². The highest BCUT2D eigenvalue weighted by atomic mass is 32.2. The van der Waals surface area contributed by atoms with Gasteiger partial charge < -0.3 is 4.90 Å². The molecule has 0 radical (unpaired) electrons. The van der Waals surface area contributed by atoms with Crippen LogP contribution in [0.25, 0.3) is 0 Å². The fourth-order valence-corrected chi connectivity index (χ4v) is 4.68. The van der Waals surface area contributed by atoms with Crippen LogP contribution in [-0.2, 0) is 21.2 Å². The Labute approximate surface area is 144 Å². The Morgan fingerprint density at radius 2 is 1.79 bits per heavy atom. The molecule has 1 saturated heterocycles. The average molecular weight is 350 g/mol. The highest BCUT2D eigenvalue weighted by molar-refractivity contribution is 7.89. The van der Waals surface area contributed by atoms with Gasteiger partial charge in [0, 0.05) is 32.1 Å². The Hall–Kier alpha value is -1.40. The van der Waals surface area contributed by atoms with Crippen molar-refractivity contribution in [3.8, 4) is 0 Å². The Morgan fingerprint density at radius 1 is 1.08 bits per heavy atom. The summed E-state index contributed by atoms with van der Waals surface area (Å²) in [5, 5.41) is 0. The van der Waals surface area contributed by atoms with Gasteiger partial charge in [-0.25, -0.2) is 8.42 Å². The number of amides is 1. The van der Waals surface area contributed by atoms with Gasteiger partial charge in [-0.1, -0.05) is 25.5 Å². The number of rotatable bonds is 5. The molecule has 1 aromatic carbocycles. The second-order valence-electron chi connectivity index (χ2n) is 6.75. The van der Waals surface area contributed by atoms with Crippen molar-refractivity contribution in [1.29, 1.82) is 0 Å². The summed E-state index contributed by atoms with van der Waals surface area (Å²) < 4.78 is 27.2. The summed E-state index contributed by atoms with van der Waals surface area (Å²) in [5.41, 5.74) is 1.16. The van der Waals surface area contributed by atoms with E-state index in [4.69, 9.17) is 0 Å². The summed E-state index contributed by atoms with van der Waals surface area (Å²) in [7, 11) is -3.48. The molecular formula is C18H26N2O3S. The number of sulfonamides is 1. The van der Waals surface area contributed by atoms with E-state index in [-0.39, 0.29) is 11.8 Å². The molecule has 1 aromatic rings. The standard InChI is InChI=1S/C18H26N2O3S/c1-2-4-15-5-9-17(10-6-15)24(22,23)20-12-3-11-19(13-14-20)18(21)16-7-8-16/h5-6,9-10,16H,2-4,7-8,11-14H2,1H3. The van der Waals surface area contributed by atoms with Crippen LogP contribution in [0.5, 0.6) is 0 Å². The van der Waals surface area contributed by atoms with Gasteiger partial charge in [-0.2, -0.15) is 4.31 Å². The predicted octanol–water partition coefficient (Wildman–Crippen LogP) is 2.27. The lowest BCUT2D eigenvalue weighted by atomic mass is 10.1. The molecule has 0 N–H and O–H groups in total. The first-order valence-electron chi connectivity index (χ1n) is 8.90. The highest BCUT2D eigenvalue weighted by Gasteiger charge is 2.35. The first-order valence-corrected chi connectivity index (χ1v) is 10.3. The monoisotopic (exact) mass is 350 g/mol. The Morgan fingerprint density at radius 3 is 2.42 bits per heavy atom. The number of benzene rings is 1. The molecule has 1 saturated carbocycles. The van der Waals surface area contributed by atoms with Crippen molar-refractivity contribution in [3.63, 3.8) is 0 Å². The van der Waals surface area contributed by atoms with Crippen LogP contribution in [0.1, 0.15) is 38.2 Å². The lowest BCUT2D eigenvalue weighted by molar-refractivity contribution is -0.132. The van der Waals surface area contributed by atoms with E-state index in [2.05, 4.69) is 6.92 Å². The smallest absolute Gasteiger partial charge is 0.243 e. The maximum absolute atomic E-state index is 12.9. The zero-order chi connectivity index (χ0) is 17.2. The van der Waals surface area contributed by atoms with Crippen molar-refractivity contribution in [2.24, 2.45) is 5.92 Å². The maximum atomic E-state index is 12.9. The van der Waals surface area contributed by atoms with E-state index < -0.39 is 10.0 Å². The molecular weight excluding hydrogens is 324 g/mol. The number of carbonyl (C=O) groups is 1. The minimum atomic E-state index is -3.48. The largest absolute Gasteiger partial charge is 0.341 e. The van der Waals surface area contributed by atoms with E-state index in [0.29, 0.717) is 37.5 Å². The van der Waals surface area contributed by atoms with Crippen LogP contribution in [0.4, 0.5) is 0 Å². The molecule has 6 heteroatoms. The molecule has 5 nitrogen and oxygen atoms in total. The molecule has 2 aliphatic rings. The molecule has 1 heterocycles. The highest BCUT2D eigenvalue weighted by Crippen LogP contribution is 2.31.